The van der Waals surface area contributed by atoms with Crippen molar-refractivity contribution < 1.29 is 8.42 Å². The standard InChI is InChI=1S/C13H19NO2S/c1-10-9-12-6-3-5-11(7-4-8-14-2)13(12)17(10,15)16/h3,5-6,10,14H,4,7-9H2,1-2H3. The van der Waals surface area contributed by atoms with Gasteiger partial charge in [0.15, 0.2) is 9.84 Å². The van der Waals surface area contributed by atoms with E-state index in [2.05, 4.69) is 5.32 Å². The molecule has 0 saturated carbocycles. The van der Waals surface area contributed by atoms with E-state index in [-0.39, 0.29) is 5.25 Å². The molecule has 0 saturated heterocycles. The van der Waals surface area contributed by atoms with Crippen LogP contribution in [0.3, 0.4) is 0 Å². The van der Waals surface area contributed by atoms with Crippen molar-refractivity contribution >= 4 is 9.84 Å². The van der Waals surface area contributed by atoms with Gasteiger partial charge in [0.2, 0.25) is 0 Å². The summed E-state index contributed by atoms with van der Waals surface area (Å²) in [6.07, 6.45) is 2.46. The summed E-state index contributed by atoms with van der Waals surface area (Å²) in [5.41, 5.74) is 1.99. The quantitative estimate of drug-likeness (QED) is 0.828. The van der Waals surface area contributed by atoms with Crippen molar-refractivity contribution in [3.63, 3.8) is 0 Å². The number of benzene rings is 1. The topological polar surface area (TPSA) is 46.2 Å². The van der Waals surface area contributed by atoms with Gasteiger partial charge >= 0.3 is 0 Å². The molecule has 0 bridgehead atoms. The summed E-state index contributed by atoms with van der Waals surface area (Å²) >= 11 is 0. The van der Waals surface area contributed by atoms with Crippen molar-refractivity contribution in [2.24, 2.45) is 0 Å². The monoisotopic (exact) mass is 253 g/mol. The highest BCUT2D eigenvalue weighted by atomic mass is 32.2. The molecular formula is C13H19NO2S. The second-order valence-corrected chi connectivity index (χ2v) is 6.98. The second kappa shape index (κ2) is 4.78. The Morgan fingerprint density at radius 1 is 1.41 bits per heavy atom. The predicted octanol–water partition coefficient (Wildman–Crippen LogP) is 1.56. The lowest BCUT2D eigenvalue weighted by atomic mass is 10.0. The number of sulfone groups is 1. The molecule has 0 fully saturated rings. The molecule has 1 aliphatic rings. The van der Waals surface area contributed by atoms with Crippen molar-refractivity contribution in [1.29, 1.82) is 0 Å². The van der Waals surface area contributed by atoms with Crippen LogP contribution in [0.25, 0.3) is 0 Å². The molecule has 4 heteroatoms. The van der Waals surface area contributed by atoms with Crippen LogP contribution in [0.5, 0.6) is 0 Å². The van der Waals surface area contributed by atoms with Crippen LogP contribution in [0, 0.1) is 0 Å². The highest BCUT2D eigenvalue weighted by Gasteiger charge is 2.35. The maximum atomic E-state index is 12.2. The van der Waals surface area contributed by atoms with Crippen molar-refractivity contribution in [2.45, 2.75) is 36.3 Å². The SMILES string of the molecule is CNCCCc1cccc2c1S(=O)(=O)C(C)C2. The minimum absolute atomic E-state index is 0.261. The zero-order chi connectivity index (χ0) is 12.5. The first-order chi connectivity index (χ1) is 8.07. The zero-order valence-corrected chi connectivity index (χ0v) is 11.2. The Kier molecular flexibility index (Phi) is 3.54. The van der Waals surface area contributed by atoms with E-state index in [0.717, 1.165) is 30.5 Å². The van der Waals surface area contributed by atoms with Gasteiger partial charge in [0.25, 0.3) is 0 Å². The van der Waals surface area contributed by atoms with Gasteiger partial charge in [0.1, 0.15) is 0 Å². The minimum atomic E-state index is -3.07. The van der Waals surface area contributed by atoms with Gasteiger partial charge in [-0.05, 0) is 50.9 Å². The van der Waals surface area contributed by atoms with Crippen LogP contribution in [0.2, 0.25) is 0 Å². The Morgan fingerprint density at radius 2 is 2.18 bits per heavy atom. The Balaban J connectivity index is 2.35. The van der Waals surface area contributed by atoms with E-state index < -0.39 is 9.84 Å². The van der Waals surface area contributed by atoms with Crippen molar-refractivity contribution in [1.82, 2.24) is 5.32 Å². The molecule has 0 amide bonds. The highest BCUT2D eigenvalue weighted by molar-refractivity contribution is 7.92. The second-order valence-electron chi connectivity index (χ2n) is 4.67. The zero-order valence-electron chi connectivity index (χ0n) is 10.4. The fourth-order valence-corrected chi connectivity index (χ4v) is 4.29. The summed E-state index contributed by atoms with van der Waals surface area (Å²) in [6, 6.07) is 5.86. The van der Waals surface area contributed by atoms with Crippen molar-refractivity contribution in [3.05, 3.63) is 29.3 Å². The molecule has 2 rings (SSSR count). The van der Waals surface area contributed by atoms with Crippen LogP contribution < -0.4 is 5.32 Å². The summed E-state index contributed by atoms with van der Waals surface area (Å²) < 4.78 is 24.4. The summed E-state index contributed by atoms with van der Waals surface area (Å²) in [5.74, 6) is 0. The third kappa shape index (κ3) is 2.24. The number of hydrogen-bond donors (Lipinski definition) is 1. The maximum Gasteiger partial charge on any atom is 0.181 e. The van der Waals surface area contributed by atoms with Gasteiger partial charge < -0.3 is 5.32 Å². The van der Waals surface area contributed by atoms with Gasteiger partial charge in [0, 0.05) is 0 Å². The smallest absolute Gasteiger partial charge is 0.181 e. The highest BCUT2D eigenvalue weighted by Crippen LogP contribution is 2.34. The number of hydrogen-bond acceptors (Lipinski definition) is 3. The fourth-order valence-electron chi connectivity index (χ4n) is 2.44. The Labute approximate surface area is 103 Å². The number of fused-ring (bicyclic) bond motifs is 1. The van der Waals surface area contributed by atoms with Crippen molar-refractivity contribution in [3.8, 4) is 0 Å². The molecule has 1 aromatic carbocycles. The Hall–Kier alpha value is -0.870. The number of nitrogens with one attached hydrogen (secondary N) is 1. The molecular weight excluding hydrogens is 234 g/mol. The predicted molar refractivity (Wildman–Crippen MR) is 69.0 cm³/mol. The first kappa shape index (κ1) is 12.6. The molecule has 1 atom stereocenters. The number of aryl methyl sites for hydroxylation is 1. The van der Waals surface area contributed by atoms with E-state index in [4.69, 9.17) is 0 Å². The molecule has 0 aliphatic carbocycles. The molecule has 17 heavy (non-hydrogen) atoms. The van der Waals surface area contributed by atoms with Gasteiger partial charge in [-0.3, -0.25) is 0 Å². The van der Waals surface area contributed by atoms with E-state index in [1.54, 1.807) is 6.92 Å². The van der Waals surface area contributed by atoms with E-state index in [0.29, 0.717) is 11.3 Å². The van der Waals surface area contributed by atoms with Crippen LogP contribution in [0.15, 0.2) is 23.1 Å². The lowest BCUT2D eigenvalue weighted by molar-refractivity contribution is 0.589. The molecule has 1 heterocycles. The van der Waals surface area contributed by atoms with E-state index >= 15 is 0 Å². The van der Waals surface area contributed by atoms with Crippen LogP contribution in [-0.2, 0) is 22.7 Å². The lowest BCUT2D eigenvalue weighted by Crippen LogP contribution is -2.13. The Bertz CT molecular complexity index is 508. The third-order valence-electron chi connectivity index (χ3n) is 3.37. The molecule has 1 N–H and O–H groups in total. The first-order valence-electron chi connectivity index (χ1n) is 6.06. The molecule has 94 valence electrons. The van der Waals surface area contributed by atoms with Crippen LogP contribution in [0.1, 0.15) is 24.5 Å². The molecule has 0 spiro atoms. The van der Waals surface area contributed by atoms with Crippen molar-refractivity contribution in [2.75, 3.05) is 13.6 Å². The van der Waals surface area contributed by atoms with Crippen LogP contribution in [0.4, 0.5) is 0 Å². The van der Waals surface area contributed by atoms with Gasteiger partial charge in [-0.25, -0.2) is 8.42 Å². The maximum absolute atomic E-state index is 12.2. The minimum Gasteiger partial charge on any atom is -0.320 e. The van der Waals surface area contributed by atoms with E-state index in [1.165, 1.54) is 0 Å². The van der Waals surface area contributed by atoms with Crippen LogP contribution >= 0.6 is 0 Å². The van der Waals surface area contributed by atoms with E-state index in [9.17, 15) is 8.42 Å². The average molecular weight is 253 g/mol. The molecule has 0 radical (unpaired) electrons. The third-order valence-corrected chi connectivity index (χ3v) is 5.69. The van der Waals surface area contributed by atoms with E-state index in [1.807, 2.05) is 25.2 Å². The fraction of sp³-hybridized carbons (Fsp3) is 0.538. The van der Waals surface area contributed by atoms with Gasteiger partial charge in [-0.2, -0.15) is 0 Å². The average Bonchev–Trinajstić information content (AvgIpc) is 2.51. The van der Waals surface area contributed by atoms with Crippen LogP contribution in [-0.4, -0.2) is 27.3 Å². The largest absolute Gasteiger partial charge is 0.320 e. The molecule has 1 aliphatic heterocycles. The van der Waals surface area contributed by atoms with Gasteiger partial charge in [-0.1, -0.05) is 18.2 Å². The summed E-state index contributed by atoms with van der Waals surface area (Å²) in [5, 5.41) is 2.82. The molecule has 1 unspecified atom stereocenters. The van der Waals surface area contributed by atoms with Gasteiger partial charge in [-0.15, -0.1) is 0 Å². The van der Waals surface area contributed by atoms with Gasteiger partial charge in [0.05, 0.1) is 10.1 Å². The number of rotatable bonds is 4. The summed E-state index contributed by atoms with van der Waals surface area (Å²) in [4.78, 5) is 0.614. The molecule has 1 aromatic rings. The molecule has 0 aromatic heterocycles. The molecule has 3 nitrogen and oxygen atoms in total. The summed E-state index contributed by atoms with van der Waals surface area (Å²) in [6.45, 7) is 2.71. The normalized spacial score (nSPS) is 21.4. The first-order valence-corrected chi connectivity index (χ1v) is 7.61. The summed E-state index contributed by atoms with van der Waals surface area (Å²) in [7, 11) is -1.16. The lowest BCUT2D eigenvalue weighted by Gasteiger charge is -2.08. The Morgan fingerprint density at radius 3 is 2.88 bits per heavy atom.